The second-order valence-corrected chi connectivity index (χ2v) is 11.6. The third-order valence-electron chi connectivity index (χ3n) is 7.68. The Hall–Kier alpha value is -2.84. The van der Waals surface area contributed by atoms with Gasteiger partial charge >= 0.3 is 0 Å². The minimum absolute atomic E-state index is 0.0212. The van der Waals surface area contributed by atoms with E-state index in [2.05, 4.69) is 0 Å². The molecule has 0 fully saturated rings. The van der Waals surface area contributed by atoms with E-state index in [9.17, 15) is 25.2 Å². The van der Waals surface area contributed by atoms with Crippen LogP contribution in [-0.2, 0) is 16.6 Å². The van der Waals surface area contributed by atoms with Gasteiger partial charge in [0.25, 0.3) is 0 Å². The predicted octanol–water partition coefficient (Wildman–Crippen LogP) is 6.42. The van der Waals surface area contributed by atoms with Crippen LogP contribution in [0.15, 0.2) is 12.1 Å². The maximum Gasteiger partial charge on any atom is 0.212 e. The van der Waals surface area contributed by atoms with Gasteiger partial charge in [-0.25, -0.2) is 0 Å². The first-order valence-electron chi connectivity index (χ1n) is 11.5. The van der Waals surface area contributed by atoms with E-state index >= 15 is 0 Å². The number of ketones is 1. The van der Waals surface area contributed by atoms with Crippen molar-refractivity contribution in [1.29, 1.82) is 0 Å². The number of phenolic OH excluding ortho intramolecular Hbond substituents is 4. The summed E-state index contributed by atoms with van der Waals surface area (Å²) in [7, 11) is 0. The molecule has 0 saturated heterocycles. The highest BCUT2D eigenvalue weighted by Crippen LogP contribution is 2.59. The molecule has 3 aromatic carbocycles. The van der Waals surface area contributed by atoms with Crippen molar-refractivity contribution in [1.82, 2.24) is 0 Å². The van der Waals surface area contributed by atoms with Crippen LogP contribution in [0, 0.1) is 6.92 Å². The molecular formula is C27H21Cl3O7. The van der Waals surface area contributed by atoms with Gasteiger partial charge in [0, 0.05) is 29.9 Å². The molecule has 3 aliphatic rings. The first kappa shape index (κ1) is 24.5. The summed E-state index contributed by atoms with van der Waals surface area (Å²) in [6.07, 6.45) is -0.648. The average molecular weight is 564 g/mol. The van der Waals surface area contributed by atoms with Crippen LogP contribution in [0.3, 0.4) is 0 Å². The van der Waals surface area contributed by atoms with E-state index in [1.807, 2.05) is 6.07 Å². The Kier molecular flexibility index (Phi) is 4.89. The van der Waals surface area contributed by atoms with Gasteiger partial charge < -0.3 is 29.9 Å². The monoisotopic (exact) mass is 562 g/mol. The Morgan fingerprint density at radius 1 is 0.892 bits per heavy atom. The van der Waals surface area contributed by atoms with Crippen molar-refractivity contribution in [3.63, 3.8) is 0 Å². The van der Waals surface area contributed by atoms with Crippen LogP contribution in [0.25, 0.3) is 0 Å². The lowest BCUT2D eigenvalue weighted by atomic mass is 9.66. The fourth-order valence-electron chi connectivity index (χ4n) is 5.99. The third kappa shape index (κ3) is 2.97. The predicted molar refractivity (Wildman–Crippen MR) is 137 cm³/mol. The number of aromatic hydroxyl groups is 4. The molecule has 192 valence electrons. The molecule has 2 bridgehead atoms. The second-order valence-electron chi connectivity index (χ2n) is 10.4. The lowest BCUT2D eigenvalue weighted by Crippen LogP contribution is -2.47. The number of benzene rings is 3. The van der Waals surface area contributed by atoms with Crippen molar-refractivity contribution in [2.24, 2.45) is 0 Å². The van der Waals surface area contributed by atoms with E-state index in [1.54, 1.807) is 27.7 Å². The van der Waals surface area contributed by atoms with E-state index in [0.29, 0.717) is 27.8 Å². The second kappa shape index (κ2) is 7.38. The van der Waals surface area contributed by atoms with Gasteiger partial charge in [0.15, 0.2) is 11.5 Å². The van der Waals surface area contributed by atoms with Gasteiger partial charge in [0.2, 0.25) is 11.6 Å². The van der Waals surface area contributed by atoms with E-state index < -0.39 is 39.6 Å². The largest absolute Gasteiger partial charge is 0.507 e. The van der Waals surface area contributed by atoms with Crippen LogP contribution in [0.2, 0.25) is 15.1 Å². The number of carbonyl (C=O) groups excluding carboxylic acids is 1. The summed E-state index contributed by atoms with van der Waals surface area (Å²) in [5.74, 6) is -3.19. The molecule has 10 heteroatoms. The Morgan fingerprint density at radius 3 is 2.24 bits per heavy atom. The van der Waals surface area contributed by atoms with Crippen LogP contribution in [0.5, 0.6) is 28.7 Å². The zero-order valence-corrected chi connectivity index (χ0v) is 22.4. The summed E-state index contributed by atoms with van der Waals surface area (Å²) in [6.45, 7) is 7.05. The van der Waals surface area contributed by atoms with Crippen LogP contribution in [-0.4, -0.2) is 32.0 Å². The fourth-order valence-corrected chi connectivity index (χ4v) is 6.85. The van der Waals surface area contributed by atoms with Crippen molar-refractivity contribution in [3.8, 4) is 28.7 Å². The summed E-state index contributed by atoms with van der Waals surface area (Å²) in [5, 5.41) is 42.6. The number of rotatable bonds is 0. The topological polar surface area (TPSA) is 116 Å². The minimum atomic E-state index is -1.17. The van der Waals surface area contributed by atoms with Crippen molar-refractivity contribution >= 4 is 40.6 Å². The molecule has 4 N–H and O–H groups in total. The Bertz CT molecular complexity index is 1610. The van der Waals surface area contributed by atoms with Crippen molar-refractivity contribution < 1.29 is 34.7 Å². The standard InChI is InChI=1S/C27H21Cl3O7/c1-8-5-11(31)17(28)25-12(8)24-13-9(7-27(4,36-24)37-25)6-10-14(20(13)32)21(33)15-16(26(10,2)3)18(29)23(35)19(30)22(15)34/h5-6,24,31-32,34-35H,7H2,1-4H3/t24?,27-/m1/s1. The number of phenols is 4. The zero-order valence-electron chi connectivity index (χ0n) is 20.1. The molecule has 2 atom stereocenters. The smallest absolute Gasteiger partial charge is 0.212 e. The summed E-state index contributed by atoms with van der Waals surface area (Å²) < 4.78 is 12.4. The number of ether oxygens (including phenoxy) is 2. The molecule has 0 spiro atoms. The highest BCUT2D eigenvalue weighted by Gasteiger charge is 2.51. The van der Waals surface area contributed by atoms with Gasteiger partial charge in [-0.1, -0.05) is 54.7 Å². The van der Waals surface area contributed by atoms with E-state index in [1.165, 1.54) is 6.07 Å². The molecule has 37 heavy (non-hydrogen) atoms. The Labute approximate surface area is 226 Å². The third-order valence-corrected chi connectivity index (χ3v) is 8.77. The molecule has 3 aromatic rings. The molecule has 0 radical (unpaired) electrons. The Morgan fingerprint density at radius 2 is 1.57 bits per heavy atom. The minimum Gasteiger partial charge on any atom is -0.507 e. The summed E-state index contributed by atoms with van der Waals surface area (Å²) in [6, 6.07) is 3.29. The Balaban J connectivity index is 1.68. The number of hydrogen-bond acceptors (Lipinski definition) is 7. The zero-order chi connectivity index (χ0) is 26.9. The molecule has 1 unspecified atom stereocenters. The van der Waals surface area contributed by atoms with Crippen LogP contribution in [0.1, 0.15) is 76.2 Å². The molecule has 6 rings (SSSR count). The SMILES string of the molecule is Cc1cc(O)c(Cl)c2c1C1O[C@@](C)(Cc3cc4c(c(O)c31)C(=O)c1c(O)c(Cl)c(O)c(Cl)c1C4(C)C)O2. The highest BCUT2D eigenvalue weighted by atomic mass is 35.5. The first-order chi connectivity index (χ1) is 17.2. The lowest BCUT2D eigenvalue weighted by molar-refractivity contribution is -0.216. The van der Waals surface area contributed by atoms with Gasteiger partial charge in [-0.15, -0.1) is 0 Å². The molecule has 1 aliphatic carbocycles. The van der Waals surface area contributed by atoms with E-state index in [0.717, 1.165) is 0 Å². The van der Waals surface area contributed by atoms with Crippen molar-refractivity contribution in [2.45, 2.75) is 51.4 Å². The van der Waals surface area contributed by atoms with Gasteiger partial charge in [0.1, 0.15) is 33.4 Å². The van der Waals surface area contributed by atoms with Gasteiger partial charge in [-0.2, -0.15) is 0 Å². The quantitative estimate of drug-likeness (QED) is 0.249. The summed E-state index contributed by atoms with van der Waals surface area (Å²) >= 11 is 18.9. The molecule has 7 nitrogen and oxygen atoms in total. The number of hydrogen-bond donors (Lipinski definition) is 4. The molecule has 0 saturated carbocycles. The fraction of sp³-hybridized carbons (Fsp3) is 0.296. The van der Waals surface area contributed by atoms with Crippen LogP contribution >= 0.6 is 34.8 Å². The first-order valence-corrected chi connectivity index (χ1v) is 12.6. The van der Waals surface area contributed by atoms with Gasteiger partial charge in [0.05, 0.1) is 16.1 Å². The number of aryl methyl sites for hydroxylation is 1. The molecule has 2 aliphatic heterocycles. The number of halogens is 3. The highest BCUT2D eigenvalue weighted by molar-refractivity contribution is 6.40. The van der Waals surface area contributed by atoms with Crippen LogP contribution < -0.4 is 4.74 Å². The van der Waals surface area contributed by atoms with Crippen molar-refractivity contribution in [3.05, 3.63) is 71.7 Å². The van der Waals surface area contributed by atoms with Crippen molar-refractivity contribution in [2.75, 3.05) is 0 Å². The normalized spacial score (nSPS) is 22.5. The van der Waals surface area contributed by atoms with Crippen LogP contribution in [0.4, 0.5) is 0 Å². The van der Waals surface area contributed by atoms with E-state index in [-0.39, 0.29) is 50.4 Å². The molecular weight excluding hydrogens is 543 g/mol. The molecule has 0 amide bonds. The van der Waals surface area contributed by atoms with E-state index in [4.69, 9.17) is 44.3 Å². The number of fused-ring (bicyclic) bond motifs is 8. The maximum absolute atomic E-state index is 13.8. The summed E-state index contributed by atoms with van der Waals surface area (Å²) in [4.78, 5) is 13.8. The van der Waals surface area contributed by atoms with Gasteiger partial charge in [-0.3, -0.25) is 4.79 Å². The molecule has 2 heterocycles. The maximum atomic E-state index is 13.8. The average Bonchev–Trinajstić information content (AvgIpc) is 2.80. The molecule has 0 aromatic heterocycles. The van der Waals surface area contributed by atoms with Gasteiger partial charge in [-0.05, 0) is 35.2 Å². The number of carbonyl (C=O) groups is 1. The summed E-state index contributed by atoms with van der Waals surface area (Å²) in [5.41, 5.74) is 1.67. The lowest BCUT2D eigenvalue weighted by Gasteiger charge is -2.47.